The lowest BCUT2D eigenvalue weighted by Gasteiger charge is -2.14. The summed E-state index contributed by atoms with van der Waals surface area (Å²) in [6.45, 7) is 6.94. The number of thioether (sulfide) groups is 1. The second-order valence-corrected chi connectivity index (χ2v) is 17.3. The maximum Gasteiger partial charge on any atom is 0.222 e. The maximum atomic E-state index is 13.4. The van der Waals surface area contributed by atoms with Crippen LogP contribution in [-0.4, -0.2) is 98.3 Å². The minimum absolute atomic E-state index is 0.0444. The van der Waals surface area contributed by atoms with Crippen LogP contribution in [-0.2, 0) is 14.4 Å². The van der Waals surface area contributed by atoms with Crippen LogP contribution in [0.25, 0.3) is 11.4 Å². The zero-order valence-electron chi connectivity index (χ0n) is 37.3. The number of fused-ring (bicyclic) bond motifs is 6. The third kappa shape index (κ3) is 10.0. The van der Waals surface area contributed by atoms with Gasteiger partial charge in [-0.3, -0.25) is 33.5 Å². The van der Waals surface area contributed by atoms with Gasteiger partial charge in [-0.15, -0.1) is 32.2 Å². The van der Waals surface area contributed by atoms with E-state index in [-0.39, 0.29) is 30.6 Å². The fourth-order valence-electron chi connectivity index (χ4n) is 8.04. The van der Waals surface area contributed by atoms with E-state index in [1.54, 1.807) is 26.0 Å². The van der Waals surface area contributed by atoms with Crippen molar-refractivity contribution in [3.05, 3.63) is 136 Å². The Hall–Kier alpha value is -6.85. The minimum atomic E-state index is -0.624. The zero-order valence-corrected chi connectivity index (χ0v) is 38.9. The molecule has 0 bridgehead atoms. The number of halogens is 1. The van der Waals surface area contributed by atoms with Crippen molar-refractivity contribution in [2.24, 2.45) is 9.98 Å². The van der Waals surface area contributed by atoms with Gasteiger partial charge in [-0.05, 0) is 87.9 Å². The molecule has 18 heteroatoms. The molecule has 3 N–H and O–H groups in total. The quantitative estimate of drug-likeness (QED) is 0.0660. The van der Waals surface area contributed by atoms with Gasteiger partial charge in [0.1, 0.15) is 35.2 Å². The average Bonchev–Trinajstić information content (AvgIpc) is 3.82. The molecule has 2 aromatic heterocycles. The highest BCUT2D eigenvalue weighted by Crippen LogP contribution is 2.36. The Morgan fingerprint density at radius 2 is 1.14 bits per heavy atom. The van der Waals surface area contributed by atoms with Gasteiger partial charge in [0.25, 0.3) is 0 Å². The lowest BCUT2D eigenvalue weighted by molar-refractivity contribution is -0.122. The Kier molecular flexibility index (Phi) is 14.2. The van der Waals surface area contributed by atoms with Crippen LogP contribution in [0, 0.1) is 13.8 Å². The van der Waals surface area contributed by atoms with Crippen molar-refractivity contribution in [1.82, 2.24) is 45.5 Å². The monoisotopic (exact) mass is 927 g/mol. The number of aromatic nitrogens is 6. The molecule has 3 amide bonds. The molecule has 0 saturated carbocycles. The fraction of sp³-hybridized carbons (Fsp3) is 0.312. The SMILES string of the molecule is CCNC(=O)C[C@@H]1N=C(c2ccc(SCCC(=O)NCCCNC(=O)C[C@@H]3N=C(c4ccc(Cl)cc4)c4cc(OC)ccc4-n4c(C)nnc43)cc2)c2cc(OC)ccc2-n2c(C)nnc21. The second-order valence-electron chi connectivity index (χ2n) is 15.7. The summed E-state index contributed by atoms with van der Waals surface area (Å²) in [7, 11) is 3.24. The third-order valence-electron chi connectivity index (χ3n) is 11.2. The molecule has 6 aromatic rings. The van der Waals surface area contributed by atoms with Gasteiger partial charge in [-0.1, -0.05) is 35.9 Å². The van der Waals surface area contributed by atoms with Gasteiger partial charge in [-0.25, -0.2) is 0 Å². The second kappa shape index (κ2) is 20.5. The van der Waals surface area contributed by atoms with Gasteiger partial charge < -0.3 is 25.4 Å². The molecule has 0 fully saturated rings. The molecular weight excluding hydrogens is 878 g/mol. The number of rotatable bonds is 17. The molecular formula is C48H50ClN11O5S. The molecule has 0 saturated heterocycles. The maximum absolute atomic E-state index is 13.4. The van der Waals surface area contributed by atoms with Crippen LogP contribution in [0.2, 0.25) is 5.02 Å². The number of carbonyl (C=O) groups excluding carboxylic acids is 3. The van der Waals surface area contributed by atoms with E-state index < -0.39 is 12.1 Å². The van der Waals surface area contributed by atoms with E-state index in [9.17, 15) is 14.4 Å². The highest BCUT2D eigenvalue weighted by molar-refractivity contribution is 7.99. The number of aliphatic imine (C=N–C) groups is 2. The highest BCUT2D eigenvalue weighted by atomic mass is 35.5. The third-order valence-corrected chi connectivity index (χ3v) is 12.5. The molecule has 2 aliphatic heterocycles. The summed E-state index contributed by atoms with van der Waals surface area (Å²) in [5.74, 6) is 4.04. The molecule has 66 heavy (non-hydrogen) atoms. The topological polar surface area (TPSA) is 192 Å². The average molecular weight is 929 g/mol. The summed E-state index contributed by atoms with van der Waals surface area (Å²) in [5.41, 5.74) is 6.43. The number of amides is 3. The van der Waals surface area contributed by atoms with Crippen molar-refractivity contribution in [2.45, 2.75) is 63.4 Å². The number of methoxy groups -OCH3 is 2. The number of hydrogen-bond acceptors (Lipinski definition) is 12. The molecule has 340 valence electrons. The molecule has 8 rings (SSSR count). The number of nitrogens with zero attached hydrogens (tertiary/aromatic N) is 8. The van der Waals surface area contributed by atoms with Gasteiger partial charge in [0.2, 0.25) is 17.7 Å². The van der Waals surface area contributed by atoms with Gasteiger partial charge in [0.15, 0.2) is 11.6 Å². The summed E-state index contributed by atoms with van der Waals surface area (Å²) in [5, 5.41) is 27.1. The smallest absolute Gasteiger partial charge is 0.222 e. The molecule has 0 unspecified atom stereocenters. The first-order chi connectivity index (χ1) is 32.0. The van der Waals surface area contributed by atoms with E-state index in [0.717, 1.165) is 38.5 Å². The van der Waals surface area contributed by atoms with Gasteiger partial charge in [0.05, 0.1) is 49.9 Å². The van der Waals surface area contributed by atoms with Crippen LogP contribution in [0.1, 0.15) is 90.2 Å². The van der Waals surface area contributed by atoms with Gasteiger partial charge >= 0.3 is 0 Å². The summed E-state index contributed by atoms with van der Waals surface area (Å²) >= 11 is 7.82. The predicted molar refractivity (Wildman–Crippen MR) is 254 cm³/mol. The van der Waals surface area contributed by atoms with E-state index in [0.29, 0.717) is 89.5 Å². The van der Waals surface area contributed by atoms with Crippen molar-refractivity contribution in [3.8, 4) is 22.9 Å². The van der Waals surface area contributed by atoms with E-state index in [1.807, 2.05) is 115 Å². The van der Waals surface area contributed by atoms with Gasteiger partial charge in [0, 0.05) is 64.0 Å². The molecule has 0 spiro atoms. The first-order valence-electron chi connectivity index (χ1n) is 21.7. The Morgan fingerprint density at radius 1 is 0.652 bits per heavy atom. The van der Waals surface area contributed by atoms with Crippen molar-refractivity contribution in [1.29, 1.82) is 0 Å². The number of hydrogen-bond donors (Lipinski definition) is 3. The molecule has 4 heterocycles. The number of ether oxygens (including phenoxy) is 2. The number of carbonyl (C=O) groups is 3. The standard InChI is InChI=1S/C48H50ClN11O5S/c1-6-50-43(62)26-38-47-57-55-28(2)59(47)41-19-15-34(65-5)25-37(41)46(53-38)31-10-16-35(17-11-31)66-23-20-42(61)51-21-7-22-52-44(63)27-39-48-58-56-29(3)60(48)40-18-14-33(64-4)24-36(40)45(54-39)30-8-12-32(49)13-9-30/h8-19,24-25,38-39H,6-7,20-23,26-27H2,1-5H3,(H,50,62)(H,51,61)(H,52,63)/t38-,39-/m0/s1. The van der Waals surface area contributed by atoms with E-state index in [4.69, 9.17) is 31.1 Å². The summed E-state index contributed by atoms with van der Waals surface area (Å²) in [4.78, 5) is 50.3. The molecule has 2 aliphatic rings. The van der Waals surface area contributed by atoms with E-state index in [1.165, 1.54) is 0 Å². The summed E-state index contributed by atoms with van der Waals surface area (Å²) < 4.78 is 15.1. The zero-order chi connectivity index (χ0) is 46.3. The Bertz CT molecular complexity index is 2820. The van der Waals surface area contributed by atoms with Crippen molar-refractivity contribution in [3.63, 3.8) is 0 Å². The first kappa shape index (κ1) is 45.7. The van der Waals surface area contributed by atoms with Crippen LogP contribution in [0.4, 0.5) is 0 Å². The number of benzene rings is 4. The van der Waals surface area contributed by atoms with Crippen molar-refractivity contribution in [2.75, 3.05) is 39.6 Å². The number of nitrogens with one attached hydrogen (secondary N) is 3. The molecule has 0 aliphatic carbocycles. The Labute approximate surface area is 391 Å². The Balaban J connectivity index is 0.848. The predicted octanol–water partition coefficient (Wildman–Crippen LogP) is 6.64. The fourth-order valence-corrected chi connectivity index (χ4v) is 9.02. The molecule has 0 radical (unpaired) electrons. The Morgan fingerprint density at radius 3 is 1.64 bits per heavy atom. The molecule has 16 nitrogen and oxygen atoms in total. The van der Waals surface area contributed by atoms with Gasteiger partial charge in [-0.2, -0.15) is 0 Å². The van der Waals surface area contributed by atoms with Crippen molar-refractivity contribution < 1.29 is 23.9 Å². The van der Waals surface area contributed by atoms with E-state index in [2.05, 4.69) is 36.3 Å². The lowest BCUT2D eigenvalue weighted by Crippen LogP contribution is -2.30. The molecule has 4 aromatic carbocycles. The largest absolute Gasteiger partial charge is 0.497 e. The molecule has 2 atom stereocenters. The summed E-state index contributed by atoms with van der Waals surface area (Å²) in [6.07, 6.45) is 1.04. The van der Waals surface area contributed by atoms with Crippen LogP contribution >= 0.6 is 23.4 Å². The van der Waals surface area contributed by atoms with Crippen molar-refractivity contribution >= 4 is 52.5 Å². The number of aryl methyl sites for hydroxylation is 2. The van der Waals surface area contributed by atoms with Crippen LogP contribution in [0.5, 0.6) is 11.5 Å². The van der Waals surface area contributed by atoms with E-state index >= 15 is 0 Å². The highest BCUT2D eigenvalue weighted by Gasteiger charge is 2.32. The van der Waals surface area contributed by atoms with Crippen LogP contribution < -0.4 is 25.4 Å². The van der Waals surface area contributed by atoms with Crippen LogP contribution in [0.15, 0.2) is 99.8 Å². The summed E-state index contributed by atoms with van der Waals surface area (Å²) in [6, 6.07) is 25.8. The first-order valence-corrected chi connectivity index (χ1v) is 23.1. The normalized spacial score (nSPS) is 14.8. The lowest BCUT2D eigenvalue weighted by atomic mass is 10.00. The minimum Gasteiger partial charge on any atom is -0.497 e. The van der Waals surface area contributed by atoms with Crippen LogP contribution in [0.3, 0.4) is 0 Å².